The predicted octanol–water partition coefficient (Wildman–Crippen LogP) is 3.14. The van der Waals surface area contributed by atoms with Crippen LogP contribution in [0.3, 0.4) is 0 Å². The van der Waals surface area contributed by atoms with E-state index in [2.05, 4.69) is 10.3 Å². The van der Waals surface area contributed by atoms with E-state index in [0.29, 0.717) is 32.8 Å². The molecule has 3 aromatic rings. The molecule has 8 heteroatoms. The summed E-state index contributed by atoms with van der Waals surface area (Å²) in [5.41, 5.74) is 0.862. The van der Waals surface area contributed by atoms with E-state index in [-0.39, 0.29) is 11.5 Å². The van der Waals surface area contributed by atoms with Crippen LogP contribution in [-0.2, 0) is 9.53 Å². The van der Waals surface area contributed by atoms with E-state index in [0.717, 1.165) is 11.3 Å². The van der Waals surface area contributed by atoms with E-state index in [1.165, 1.54) is 18.0 Å². The van der Waals surface area contributed by atoms with Crippen LogP contribution in [0.4, 0.5) is 5.69 Å². The Hall–Kier alpha value is -3.00. The Labute approximate surface area is 159 Å². The average Bonchev–Trinajstić information content (AvgIpc) is 3.02. The Morgan fingerprint density at radius 2 is 2.00 bits per heavy atom. The lowest BCUT2D eigenvalue weighted by Gasteiger charge is -2.15. The van der Waals surface area contributed by atoms with Crippen LogP contribution in [0, 0.1) is 6.92 Å². The first kappa shape index (κ1) is 18.8. The van der Waals surface area contributed by atoms with Gasteiger partial charge < -0.3 is 10.1 Å². The van der Waals surface area contributed by atoms with Crippen LogP contribution in [0.2, 0.25) is 0 Å². The monoisotopic (exact) mass is 385 g/mol. The van der Waals surface area contributed by atoms with Gasteiger partial charge in [-0.05, 0) is 31.0 Å². The first-order valence-electron chi connectivity index (χ1n) is 8.42. The van der Waals surface area contributed by atoms with Crippen molar-refractivity contribution in [2.24, 2.45) is 0 Å². The fourth-order valence-corrected chi connectivity index (χ4v) is 3.93. The van der Waals surface area contributed by atoms with E-state index >= 15 is 0 Å². The highest BCUT2D eigenvalue weighted by Crippen LogP contribution is 2.28. The van der Waals surface area contributed by atoms with Gasteiger partial charge in [0.1, 0.15) is 10.9 Å². The summed E-state index contributed by atoms with van der Waals surface area (Å²) >= 11 is 1.15. The second-order valence-electron chi connectivity index (χ2n) is 5.96. The SMILES string of the molecule is CC[C@H](C(=O)OC)n1cnc2sc(C(=O)Nc3ccccc3)c(C)c2c1=O. The fraction of sp³-hybridized carbons (Fsp3) is 0.263. The number of amides is 1. The summed E-state index contributed by atoms with van der Waals surface area (Å²) in [6.07, 6.45) is 1.73. The van der Waals surface area contributed by atoms with E-state index in [9.17, 15) is 14.4 Å². The van der Waals surface area contributed by atoms with Crippen molar-refractivity contribution in [3.05, 3.63) is 57.5 Å². The third-order valence-corrected chi connectivity index (χ3v) is 5.51. The van der Waals surface area contributed by atoms with Crippen LogP contribution >= 0.6 is 11.3 Å². The number of fused-ring (bicyclic) bond motifs is 1. The summed E-state index contributed by atoms with van der Waals surface area (Å²) < 4.78 is 6.05. The number of methoxy groups -OCH3 is 1. The molecule has 7 nitrogen and oxygen atoms in total. The number of carbonyl (C=O) groups excluding carboxylic acids is 2. The van der Waals surface area contributed by atoms with Gasteiger partial charge in [0.15, 0.2) is 0 Å². The van der Waals surface area contributed by atoms with E-state index in [1.807, 2.05) is 18.2 Å². The number of aromatic nitrogens is 2. The molecule has 0 aliphatic rings. The van der Waals surface area contributed by atoms with Crippen LogP contribution in [0.25, 0.3) is 10.2 Å². The van der Waals surface area contributed by atoms with Gasteiger partial charge >= 0.3 is 5.97 Å². The maximum Gasteiger partial charge on any atom is 0.329 e. The number of nitrogens with zero attached hydrogens (tertiary/aromatic N) is 2. The van der Waals surface area contributed by atoms with Crippen LogP contribution in [0.5, 0.6) is 0 Å². The van der Waals surface area contributed by atoms with Crippen molar-refractivity contribution in [1.82, 2.24) is 9.55 Å². The van der Waals surface area contributed by atoms with Crippen molar-refractivity contribution < 1.29 is 14.3 Å². The fourth-order valence-electron chi connectivity index (χ4n) is 2.90. The van der Waals surface area contributed by atoms with Crippen molar-refractivity contribution in [2.75, 3.05) is 12.4 Å². The van der Waals surface area contributed by atoms with Gasteiger partial charge in [0.05, 0.1) is 23.7 Å². The molecule has 0 aliphatic carbocycles. The van der Waals surface area contributed by atoms with Crippen molar-refractivity contribution >= 4 is 39.1 Å². The molecule has 0 spiro atoms. The molecular weight excluding hydrogens is 366 g/mol. The summed E-state index contributed by atoms with van der Waals surface area (Å²) in [7, 11) is 1.28. The molecule has 0 saturated carbocycles. The Bertz CT molecular complexity index is 1060. The van der Waals surface area contributed by atoms with Crippen molar-refractivity contribution in [1.29, 1.82) is 0 Å². The van der Waals surface area contributed by atoms with Crippen molar-refractivity contribution in [3.63, 3.8) is 0 Å². The number of anilines is 1. The highest BCUT2D eigenvalue weighted by atomic mass is 32.1. The van der Waals surface area contributed by atoms with Gasteiger partial charge in [-0.3, -0.25) is 14.2 Å². The van der Waals surface area contributed by atoms with Crippen LogP contribution in [0.1, 0.15) is 34.6 Å². The second-order valence-corrected chi connectivity index (χ2v) is 6.96. The van der Waals surface area contributed by atoms with E-state index in [1.54, 1.807) is 26.0 Å². The third-order valence-electron chi connectivity index (χ3n) is 4.31. The molecule has 0 bridgehead atoms. The molecule has 0 radical (unpaired) electrons. The molecule has 1 aromatic carbocycles. The molecule has 1 amide bonds. The lowest BCUT2D eigenvalue weighted by atomic mass is 10.2. The van der Waals surface area contributed by atoms with Gasteiger partial charge in [-0.25, -0.2) is 9.78 Å². The van der Waals surface area contributed by atoms with Crippen LogP contribution < -0.4 is 10.9 Å². The summed E-state index contributed by atoms with van der Waals surface area (Å²) in [5.74, 6) is -0.802. The number of hydrogen-bond donors (Lipinski definition) is 1. The number of carbonyl (C=O) groups is 2. The minimum atomic E-state index is -0.750. The zero-order chi connectivity index (χ0) is 19.6. The lowest BCUT2D eigenvalue weighted by molar-refractivity contribution is -0.144. The number of aryl methyl sites for hydroxylation is 1. The normalized spacial score (nSPS) is 12.0. The predicted molar refractivity (Wildman–Crippen MR) is 104 cm³/mol. The summed E-state index contributed by atoms with van der Waals surface area (Å²) in [6.45, 7) is 3.50. The molecule has 0 fully saturated rings. The molecule has 0 aliphatic heterocycles. The van der Waals surface area contributed by atoms with Crippen LogP contribution in [0.15, 0.2) is 41.5 Å². The van der Waals surface area contributed by atoms with Gasteiger partial charge in [0.25, 0.3) is 11.5 Å². The van der Waals surface area contributed by atoms with Crippen LogP contribution in [-0.4, -0.2) is 28.5 Å². The Morgan fingerprint density at radius 3 is 2.63 bits per heavy atom. The maximum atomic E-state index is 13.0. The van der Waals surface area contributed by atoms with Gasteiger partial charge in [-0.1, -0.05) is 25.1 Å². The Morgan fingerprint density at radius 1 is 1.30 bits per heavy atom. The summed E-state index contributed by atoms with van der Waals surface area (Å²) in [4.78, 5) is 42.7. The minimum Gasteiger partial charge on any atom is -0.467 e. The number of benzene rings is 1. The lowest BCUT2D eigenvalue weighted by Crippen LogP contribution is -2.30. The molecule has 27 heavy (non-hydrogen) atoms. The third kappa shape index (κ3) is 3.48. The zero-order valence-corrected chi connectivity index (χ0v) is 16.0. The first-order chi connectivity index (χ1) is 13.0. The number of hydrogen-bond acceptors (Lipinski definition) is 6. The first-order valence-corrected chi connectivity index (χ1v) is 9.24. The van der Waals surface area contributed by atoms with Gasteiger partial charge in [0.2, 0.25) is 0 Å². The summed E-state index contributed by atoms with van der Waals surface area (Å²) in [6, 6.07) is 8.33. The molecule has 0 saturated heterocycles. The number of esters is 1. The second kappa shape index (κ2) is 7.71. The Balaban J connectivity index is 2.05. The van der Waals surface area contributed by atoms with Gasteiger partial charge in [-0.2, -0.15) is 0 Å². The maximum absolute atomic E-state index is 13.0. The standard InChI is InChI=1S/C19H19N3O4S/c1-4-13(19(25)26-3)22-10-20-17-14(18(22)24)11(2)15(27-17)16(23)21-12-8-6-5-7-9-12/h5-10,13H,4H2,1-3H3,(H,21,23)/t13-/m1/s1. The van der Waals surface area contributed by atoms with E-state index in [4.69, 9.17) is 4.74 Å². The minimum absolute atomic E-state index is 0.298. The molecule has 2 aromatic heterocycles. The quantitative estimate of drug-likeness (QED) is 0.682. The number of ether oxygens (including phenoxy) is 1. The van der Waals surface area contributed by atoms with Crippen molar-refractivity contribution in [2.45, 2.75) is 26.3 Å². The number of rotatable bonds is 5. The highest BCUT2D eigenvalue weighted by Gasteiger charge is 2.24. The molecule has 0 unspecified atom stereocenters. The molecule has 2 heterocycles. The van der Waals surface area contributed by atoms with Gasteiger partial charge in [0, 0.05) is 5.69 Å². The highest BCUT2D eigenvalue weighted by molar-refractivity contribution is 7.20. The molecule has 3 rings (SSSR count). The average molecular weight is 385 g/mol. The molecule has 140 valence electrons. The molecule has 1 atom stereocenters. The topological polar surface area (TPSA) is 90.3 Å². The van der Waals surface area contributed by atoms with E-state index < -0.39 is 12.0 Å². The molecule has 1 N–H and O–H groups in total. The summed E-state index contributed by atoms with van der Waals surface area (Å²) in [5, 5.41) is 3.17. The van der Waals surface area contributed by atoms with Crippen molar-refractivity contribution in [3.8, 4) is 0 Å². The largest absolute Gasteiger partial charge is 0.467 e. The zero-order valence-electron chi connectivity index (χ0n) is 15.2. The number of nitrogens with one attached hydrogen (secondary N) is 1. The number of para-hydroxylation sites is 1. The Kier molecular flexibility index (Phi) is 5.36. The smallest absolute Gasteiger partial charge is 0.329 e. The molecular formula is C19H19N3O4S. The van der Waals surface area contributed by atoms with Gasteiger partial charge in [-0.15, -0.1) is 11.3 Å². The number of thiophene rings is 1.